The van der Waals surface area contributed by atoms with Crippen molar-refractivity contribution in [2.75, 3.05) is 44.9 Å². The minimum Gasteiger partial charge on any atom is -0.490 e. The maximum atomic E-state index is 12.9. The molecule has 3 N–H and O–H groups in total. The van der Waals surface area contributed by atoms with Crippen LogP contribution in [0.3, 0.4) is 0 Å². The summed E-state index contributed by atoms with van der Waals surface area (Å²) >= 11 is 0. The van der Waals surface area contributed by atoms with Crippen molar-refractivity contribution >= 4 is 17.5 Å². The van der Waals surface area contributed by atoms with E-state index in [1.807, 2.05) is 43.3 Å². The van der Waals surface area contributed by atoms with E-state index in [4.69, 9.17) is 19.9 Å². The van der Waals surface area contributed by atoms with E-state index in [9.17, 15) is 4.79 Å². The number of nitrogens with one attached hydrogen (secondary N) is 1. The van der Waals surface area contributed by atoms with Gasteiger partial charge >= 0.3 is 0 Å². The lowest BCUT2D eigenvalue weighted by molar-refractivity contribution is -0.125. The number of nitrogen functional groups attached to an aromatic ring is 1. The molecule has 3 aromatic rings. The van der Waals surface area contributed by atoms with E-state index in [-0.39, 0.29) is 18.5 Å². The SMILES string of the molecule is CN(C)CCOc1cc(-c2ccnc(N)n2)ccc1NC(=O)C1COc2ccccc2O1. The summed E-state index contributed by atoms with van der Waals surface area (Å²) in [6, 6.07) is 14.5. The molecule has 9 heteroatoms. The van der Waals surface area contributed by atoms with Gasteiger partial charge in [-0.25, -0.2) is 9.97 Å². The van der Waals surface area contributed by atoms with E-state index >= 15 is 0 Å². The minimum atomic E-state index is -0.777. The van der Waals surface area contributed by atoms with Crippen molar-refractivity contribution in [1.29, 1.82) is 0 Å². The van der Waals surface area contributed by atoms with Gasteiger partial charge in [-0.15, -0.1) is 0 Å². The van der Waals surface area contributed by atoms with Crippen LogP contribution in [0.2, 0.25) is 0 Å². The van der Waals surface area contributed by atoms with Crippen LogP contribution in [0.25, 0.3) is 11.3 Å². The summed E-state index contributed by atoms with van der Waals surface area (Å²) in [7, 11) is 3.93. The first-order chi connectivity index (χ1) is 15.5. The number of aromatic nitrogens is 2. The van der Waals surface area contributed by atoms with Gasteiger partial charge in [0.25, 0.3) is 5.91 Å². The van der Waals surface area contributed by atoms with E-state index < -0.39 is 6.10 Å². The fourth-order valence-corrected chi connectivity index (χ4v) is 3.14. The summed E-state index contributed by atoms with van der Waals surface area (Å²) in [4.78, 5) is 23.1. The second kappa shape index (κ2) is 9.52. The molecule has 166 valence electrons. The summed E-state index contributed by atoms with van der Waals surface area (Å²) in [6.07, 6.45) is 0.818. The minimum absolute atomic E-state index is 0.123. The molecule has 9 nitrogen and oxygen atoms in total. The van der Waals surface area contributed by atoms with Crippen LogP contribution in [0.15, 0.2) is 54.7 Å². The summed E-state index contributed by atoms with van der Waals surface area (Å²) in [6.45, 7) is 1.29. The normalized spacial score (nSPS) is 14.8. The monoisotopic (exact) mass is 435 g/mol. The summed E-state index contributed by atoms with van der Waals surface area (Å²) in [5, 5.41) is 2.90. The Balaban J connectivity index is 1.54. The number of nitrogens with two attached hydrogens (primary N) is 1. The van der Waals surface area contributed by atoms with Gasteiger partial charge in [-0.3, -0.25) is 4.79 Å². The molecule has 1 aliphatic rings. The number of hydrogen-bond donors (Lipinski definition) is 2. The lowest BCUT2D eigenvalue weighted by atomic mass is 10.1. The largest absolute Gasteiger partial charge is 0.490 e. The Kier molecular flexibility index (Phi) is 6.37. The third-order valence-corrected chi connectivity index (χ3v) is 4.81. The summed E-state index contributed by atoms with van der Waals surface area (Å²) < 4.78 is 17.4. The summed E-state index contributed by atoms with van der Waals surface area (Å²) in [5.74, 6) is 1.54. The fraction of sp³-hybridized carbons (Fsp3) is 0.261. The van der Waals surface area contributed by atoms with Crippen molar-refractivity contribution in [3.8, 4) is 28.5 Å². The number of fused-ring (bicyclic) bond motifs is 1. The predicted molar refractivity (Wildman–Crippen MR) is 121 cm³/mol. The number of benzene rings is 2. The Morgan fingerprint density at radius 1 is 1.22 bits per heavy atom. The highest BCUT2D eigenvalue weighted by molar-refractivity contribution is 5.96. The van der Waals surface area contributed by atoms with Gasteiger partial charge in [-0.05, 0) is 44.4 Å². The smallest absolute Gasteiger partial charge is 0.269 e. The van der Waals surface area contributed by atoms with Crippen molar-refractivity contribution in [3.63, 3.8) is 0 Å². The van der Waals surface area contributed by atoms with Crippen molar-refractivity contribution in [3.05, 3.63) is 54.7 Å². The first-order valence-electron chi connectivity index (χ1n) is 10.2. The third-order valence-electron chi connectivity index (χ3n) is 4.81. The Bertz CT molecular complexity index is 1110. The molecule has 0 saturated carbocycles. The zero-order valence-electron chi connectivity index (χ0n) is 17.9. The zero-order valence-corrected chi connectivity index (χ0v) is 17.9. The number of likely N-dealkylation sites (N-methyl/N-ethyl adjacent to an activating group) is 1. The molecule has 0 radical (unpaired) electrons. The highest BCUT2D eigenvalue weighted by Gasteiger charge is 2.28. The molecular weight excluding hydrogens is 410 g/mol. The Hall–Kier alpha value is -3.85. The molecule has 2 heterocycles. The van der Waals surface area contributed by atoms with Crippen molar-refractivity contribution in [2.45, 2.75) is 6.10 Å². The van der Waals surface area contributed by atoms with E-state index in [2.05, 4.69) is 15.3 Å². The number of ether oxygens (including phenoxy) is 3. The van der Waals surface area contributed by atoms with Crippen LogP contribution >= 0.6 is 0 Å². The first kappa shape index (κ1) is 21.4. The van der Waals surface area contributed by atoms with Gasteiger partial charge < -0.3 is 30.2 Å². The Morgan fingerprint density at radius 3 is 2.81 bits per heavy atom. The van der Waals surface area contributed by atoms with Crippen LogP contribution in [0.4, 0.5) is 11.6 Å². The number of para-hydroxylation sites is 2. The predicted octanol–water partition coefficient (Wildman–Crippen LogP) is 2.44. The quantitative estimate of drug-likeness (QED) is 0.582. The average molecular weight is 435 g/mol. The van der Waals surface area contributed by atoms with Crippen LogP contribution in [-0.4, -0.2) is 60.7 Å². The molecule has 1 amide bonds. The highest BCUT2D eigenvalue weighted by atomic mass is 16.6. The van der Waals surface area contributed by atoms with Gasteiger partial charge in [0.15, 0.2) is 11.5 Å². The third kappa shape index (κ3) is 5.06. The maximum absolute atomic E-state index is 12.9. The van der Waals surface area contributed by atoms with Crippen LogP contribution in [0.1, 0.15) is 0 Å². The standard InChI is InChI=1S/C23H25N5O4/c1-28(2)11-12-30-20-13-15(16-9-10-25-23(24)27-16)7-8-17(20)26-22(29)21-14-31-18-5-3-4-6-19(18)32-21/h3-10,13,21H,11-12,14H2,1-2H3,(H,26,29)(H2,24,25,27). The Labute approximate surface area is 186 Å². The molecule has 32 heavy (non-hydrogen) atoms. The molecule has 1 atom stereocenters. The van der Waals surface area contributed by atoms with E-state index in [1.165, 1.54) is 0 Å². The van der Waals surface area contributed by atoms with E-state index in [1.54, 1.807) is 30.5 Å². The van der Waals surface area contributed by atoms with E-state index in [0.29, 0.717) is 41.8 Å². The number of hydrogen-bond acceptors (Lipinski definition) is 8. The summed E-state index contributed by atoms with van der Waals surface area (Å²) in [5.41, 5.74) is 7.70. The first-order valence-corrected chi connectivity index (χ1v) is 10.2. The van der Waals surface area contributed by atoms with Crippen LogP contribution < -0.4 is 25.3 Å². The molecule has 4 rings (SSSR count). The lowest BCUT2D eigenvalue weighted by Crippen LogP contribution is -2.40. The second-order valence-corrected chi connectivity index (χ2v) is 7.52. The number of amides is 1. The number of nitrogens with zero attached hydrogens (tertiary/aromatic N) is 3. The average Bonchev–Trinajstić information content (AvgIpc) is 2.79. The molecule has 0 spiro atoms. The number of anilines is 2. The van der Waals surface area contributed by atoms with Gasteiger partial charge in [0, 0.05) is 18.3 Å². The van der Waals surface area contributed by atoms with Crippen LogP contribution in [0.5, 0.6) is 17.2 Å². The lowest BCUT2D eigenvalue weighted by Gasteiger charge is -2.26. The Morgan fingerprint density at radius 2 is 2.03 bits per heavy atom. The van der Waals surface area contributed by atoms with Gasteiger partial charge in [0.1, 0.15) is 19.0 Å². The molecular formula is C23H25N5O4. The highest BCUT2D eigenvalue weighted by Crippen LogP contribution is 2.33. The number of carbonyl (C=O) groups excluding carboxylic acids is 1. The molecule has 1 aliphatic heterocycles. The number of carbonyl (C=O) groups is 1. The van der Waals surface area contributed by atoms with Crippen LogP contribution in [-0.2, 0) is 4.79 Å². The molecule has 0 fully saturated rings. The second-order valence-electron chi connectivity index (χ2n) is 7.52. The zero-order chi connectivity index (χ0) is 22.5. The fourth-order valence-electron chi connectivity index (χ4n) is 3.14. The topological polar surface area (TPSA) is 112 Å². The van der Waals surface area contributed by atoms with Crippen molar-refractivity contribution in [1.82, 2.24) is 14.9 Å². The van der Waals surface area contributed by atoms with Crippen molar-refractivity contribution < 1.29 is 19.0 Å². The molecule has 0 bridgehead atoms. The van der Waals surface area contributed by atoms with E-state index in [0.717, 1.165) is 5.56 Å². The van der Waals surface area contributed by atoms with Crippen LogP contribution in [0, 0.1) is 0 Å². The molecule has 2 aromatic carbocycles. The molecule has 0 saturated heterocycles. The molecule has 1 unspecified atom stereocenters. The molecule has 0 aliphatic carbocycles. The number of rotatable bonds is 7. The maximum Gasteiger partial charge on any atom is 0.269 e. The van der Waals surface area contributed by atoms with Crippen molar-refractivity contribution in [2.24, 2.45) is 0 Å². The van der Waals surface area contributed by atoms with Gasteiger partial charge in [-0.2, -0.15) is 0 Å². The van der Waals surface area contributed by atoms with Gasteiger partial charge in [-0.1, -0.05) is 18.2 Å². The molecule has 1 aromatic heterocycles. The van der Waals surface area contributed by atoms with Gasteiger partial charge in [0.05, 0.1) is 11.4 Å². The van der Waals surface area contributed by atoms with Gasteiger partial charge in [0.2, 0.25) is 12.1 Å².